The zero-order valence-corrected chi connectivity index (χ0v) is 16.6. The van der Waals surface area contributed by atoms with Gasteiger partial charge in [0.25, 0.3) is 5.91 Å². The second-order valence-corrected chi connectivity index (χ2v) is 6.93. The molecule has 1 unspecified atom stereocenters. The summed E-state index contributed by atoms with van der Waals surface area (Å²) in [5, 5.41) is 7.33. The van der Waals surface area contributed by atoms with E-state index in [4.69, 9.17) is 0 Å². The molecule has 2 heterocycles. The van der Waals surface area contributed by atoms with Crippen molar-refractivity contribution in [3.05, 3.63) is 95.8 Å². The average molecular weight is 401 g/mol. The first kappa shape index (κ1) is 19.4. The number of carbonyl (C=O) groups excluding carboxylic acids is 1. The summed E-state index contributed by atoms with van der Waals surface area (Å²) >= 11 is 0. The first-order valence-corrected chi connectivity index (χ1v) is 9.51. The lowest BCUT2D eigenvalue weighted by Gasteiger charge is -2.14. The van der Waals surface area contributed by atoms with Crippen LogP contribution < -0.4 is 5.32 Å². The van der Waals surface area contributed by atoms with Crippen molar-refractivity contribution in [3.63, 3.8) is 0 Å². The van der Waals surface area contributed by atoms with Crippen molar-refractivity contribution in [2.24, 2.45) is 0 Å². The summed E-state index contributed by atoms with van der Waals surface area (Å²) < 4.78 is 14.9. The number of carbonyl (C=O) groups is 1. The molecule has 0 saturated carbocycles. The highest BCUT2D eigenvalue weighted by molar-refractivity contribution is 5.94. The van der Waals surface area contributed by atoms with E-state index >= 15 is 0 Å². The predicted molar refractivity (Wildman–Crippen MR) is 112 cm³/mol. The molecule has 0 spiro atoms. The second kappa shape index (κ2) is 8.24. The van der Waals surface area contributed by atoms with Gasteiger partial charge in [-0.3, -0.25) is 4.79 Å². The maximum atomic E-state index is 13.2. The molecule has 150 valence electrons. The van der Waals surface area contributed by atoms with Crippen molar-refractivity contribution in [1.29, 1.82) is 0 Å². The SMILES string of the molecule is Cc1c(C(C)NC(=O)c2cnc(-c3ccccc3)nc2)cnn1-c1ccc(F)cc1. The lowest BCUT2D eigenvalue weighted by Crippen LogP contribution is -2.27. The van der Waals surface area contributed by atoms with Gasteiger partial charge in [-0.15, -0.1) is 0 Å². The largest absolute Gasteiger partial charge is 0.345 e. The Morgan fingerprint density at radius 2 is 1.67 bits per heavy atom. The summed E-state index contributed by atoms with van der Waals surface area (Å²) in [6.07, 6.45) is 4.75. The Hall–Kier alpha value is -3.87. The summed E-state index contributed by atoms with van der Waals surface area (Å²) in [5.74, 6) is -0.00224. The molecule has 0 bridgehead atoms. The van der Waals surface area contributed by atoms with Gasteiger partial charge in [-0.05, 0) is 38.1 Å². The Kier molecular flexibility index (Phi) is 5.34. The molecule has 0 fully saturated rings. The Morgan fingerprint density at radius 1 is 1.00 bits per heavy atom. The zero-order chi connectivity index (χ0) is 21.1. The van der Waals surface area contributed by atoms with Crippen LogP contribution in [-0.4, -0.2) is 25.7 Å². The fourth-order valence-corrected chi connectivity index (χ4v) is 3.23. The molecule has 0 saturated heterocycles. The molecule has 1 atom stereocenters. The molecule has 0 aliphatic heterocycles. The van der Waals surface area contributed by atoms with Crippen molar-refractivity contribution >= 4 is 5.91 Å². The summed E-state index contributed by atoms with van der Waals surface area (Å²) in [5.41, 5.74) is 3.76. The third kappa shape index (κ3) is 3.96. The van der Waals surface area contributed by atoms with Crippen LogP contribution in [0.15, 0.2) is 73.2 Å². The van der Waals surface area contributed by atoms with Gasteiger partial charge in [-0.1, -0.05) is 30.3 Å². The minimum Gasteiger partial charge on any atom is -0.345 e. The van der Waals surface area contributed by atoms with E-state index < -0.39 is 0 Å². The molecule has 1 amide bonds. The van der Waals surface area contributed by atoms with Crippen LogP contribution in [0.4, 0.5) is 4.39 Å². The van der Waals surface area contributed by atoms with E-state index in [-0.39, 0.29) is 17.8 Å². The number of halogens is 1. The molecular weight excluding hydrogens is 381 g/mol. The Bertz CT molecular complexity index is 1150. The van der Waals surface area contributed by atoms with Crippen LogP contribution >= 0.6 is 0 Å². The minimum atomic E-state index is -0.301. The van der Waals surface area contributed by atoms with E-state index in [1.165, 1.54) is 24.5 Å². The van der Waals surface area contributed by atoms with E-state index in [2.05, 4.69) is 20.4 Å². The fourth-order valence-electron chi connectivity index (χ4n) is 3.23. The monoisotopic (exact) mass is 401 g/mol. The lowest BCUT2D eigenvalue weighted by molar-refractivity contribution is 0.0939. The number of rotatable bonds is 5. The summed E-state index contributed by atoms with van der Waals surface area (Å²) in [7, 11) is 0. The van der Waals surface area contributed by atoms with Crippen LogP contribution in [0.5, 0.6) is 0 Å². The molecule has 2 aromatic heterocycles. The number of nitrogens with zero attached hydrogens (tertiary/aromatic N) is 4. The summed E-state index contributed by atoms with van der Waals surface area (Å²) in [4.78, 5) is 21.2. The van der Waals surface area contributed by atoms with Gasteiger partial charge in [0.2, 0.25) is 0 Å². The van der Waals surface area contributed by atoms with Gasteiger partial charge in [0.15, 0.2) is 5.82 Å². The van der Waals surface area contributed by atoms with Crippen LogP contribution in [0.2, 0.25) is 0 Å². The third-order valence-electron chi connectivity index (χ3n) is 4.88. The number of nitrogens with one attached hydrogen (secondary N) is 1. The predicted octanol–water partition coefficient (Wildman–Crippen LogP) is 4.27. The van der Waals surface area contributed by atoms with E-state index in [0.29, 0.717) is 11.4 Å². The molecule has 0 aliphatic carbocycles. The van der Waals surface area contributed by atoms with Crippen molar-refractivity contribution in [2.75, 3.05) is 0 Å². The standard InChI is InChI=1S/C23H20FN5O/c1-15(21-14-27-29(16(21)2)20-10-8-19(24)9-11-20)28-23(30)18-12-25-22(26-13-18)17-6-4-3-5-7-17/h3-15H,1-2H3,(H,28,30). The zero-order valence-electron chi connectivity index (χ0n) is 16.6. The highest BCUT2D eigenvalue weighted by Crippen LogP contribution is 2.21. The van der Waals surface area contributed by atoms with Crippen LogP contribution in [0.1, 0.15) is 34.6 Å². The number of aromatic nitrogens is 4. The van der Waals surface area contributed by atoms with Gasteiger partial charge in [0.1, 0.15) is 5.82 Å². The molecule has 30 heavy (non-hydrogen) atoms. The normalized spacial score (nSPS) is 11.8. The molecule has 4 aromatic rings. The van der Waals surface area contributed by atoms with Crippen LogP contribution in [-0.2, 0) is 0 Å². The van der Waals surface area contributed by atoms with Gasteiger partial charge >= 0.3 is 0 Å². The maximum absolute atomic E-state index is 13.2. The van der Waals surface area contributed by atoms with Crippen molar-refractivity contribution < 1.29 is 9.18 Å². The topological polar surface area (TPSA) is 72.7 Å². The molecular formula is C23H20FN5O. The summed E-state index contributed by atoms with van der Waals surface area (Å²) in [6, 6.07) is 15.4. The lowest BCUT2D eigenvalue weighted by atomic mass is 10.1. The van der Waals surface area contributed by atoms with Gasteiger partial charge in [0.05, 0.1) is 23.5 Å². The average Bonchev–Trinajstić information content (AvgIpc) is 3.16. The van der Waals surface area contributed by atoms with E-state index in [9.17, 15) is 9.18 Å². The van der Waals surface area contributed by atoms with E-state index in [1.807, 2.05) is 44.2 Å². The highest BCUT2D eigenvalue weighted by Gasteiger charge is 2.18. The van der Waals surface area contributed by atoms with Gasteiger partial charge in [-0.2, -0.15) is 5.10 Å². The summed E-state index contributed by atoms with van der Waals surface area (Å²) in [6.45, 7) is 3.79. The van der Waals surface area contributed by atoms with Crippen LogP contribution in [0.3, 0.4) is 0 Å². The van der Waals surface area contributed by atoms with Crippen molar-refractivity contribution in [2.45, 2.75) is 19.9 Å². The van der Waals surface area contributed by atoms with Crippen LogP contribution in [0.25, 0.3) is 17.1 Å². The Morgan fingerprint density at radius 3 is 2.33 bits per heavy atom. The third-order valence-corrected chi connectivity index (χ3v) is 4.88. The number of hydrogen-bond donors (Lipinski definition) is 1. The molecule has 2 aromatic carbocycles. The number of amides is 1. The molecule has 7 heteroatoms. The molecule has 6 nitrogen and oxygen atoms in total. The van der Waals surface area contributed by atoms with E-state index in [1.54, 1.807) is 23.0 Å². The van der Waals surface area contributed by atoms with Crippen LogP contribution in [0, 0.1) is 12.7 Å². The van der Waals surface area contributed by atoms with E-state index in [0.717, 1.165) is 22.5 Å². The molecule has 4 rings (SSSR count). The number of hydrogen-bond acceptors (Lipinski definition) is 4. The smallest absolute Gasteiger partial charge is 0.254 e. The maximum Gasteiger partial charge on any atom is 0.254 e. The highest BCUT2D eigenvalue weighted by atomic mass is 19.1. The minimum absolute atomic E-state index is 0.268. The fraction of sp³-hybridized carbons (Fsp3) is 0.130. The molecule has 0 aliphatic rings. The van der Waals surface area contributed by atoms with Gasteiger partial charge in [0, 0.05) is 29.2 Å². The first-order valence-electron chi connectivity index (χ1n) is 9.51. The van der Waals surface area contributed by atoms with Gasteiger partial charge < -0.3 is 5.32 Å². The molecule has 1 N–H and O–H groups in total. The molecule has 0 radical (unpaired) electrons. The Labute approximate surface area is 173 Å². The quantitative estimate of drug-likeness (QED) is 0.542. The van der Waals surface area contributed by atoms with Crippen molar-refractivity contribution in [1.82, 2.24) is 25.1 Å². The second-order valence-electron chi connectivity index (χ2n) is 6.93. The number of benzene rings is 2. The Balaban J connectivity index is 1.48. The first-order chi connectivity index (χ1) is 14.5. The van der Waals surface area contributed by atoms with Gasteiger partial charge in [-0.25, -0.2) is 19.0 Å². The van der Waals surface area contributed by atoms with Crippen molar-refractivity contribution in [3.8, 4) is 17.1 Å².